The van der Waals surface area contributed by atoms with Crippen LogP contribution in [0.3, 0.4) is 0 Å². The van der Waals surface area contributed by atoms with Gasteiger partial charge in [-0.1, -0.05) is 24.3 Å². The molecule has 0 bridgehead atoms. The van der Waals surface area contributed by atoms with Crippen LogP contribution < -0.4 is 10.1 Å². The Balaban J connectivity index is 2.07. The minimum atomic E-state index is 0.792. The van der Waals surface area contributed by atoms with Crippen molar-refractivity contribution in [3.05, 3.63) is 42.5 Å². The van der Waals surface area contributed by atoms with E-state index in [9.17, 15) is 0 Å². The van der Waals surface area contributed by atoms with Crippen molar-refractivity contribution in [1.82, 2.24) is 5.32 Å². The Morgan fingerprint density at radius 1 is 1.31 bits per heavy atom. The van der Waals surface area contributed by atoms with Crippen LogP contribution in [-0.2, 0) is 0 Å². The van der Waals surface area contributed by atoms with Gasteiger partial charge in [-0.15, -0.1) is 6.58 Å². The van der Waals surface area contributed by atoms with Gasteiger partial charge in [0.25, 0.3) is 0 Å². The fraction of sp³-hybridized carbons (Fsp3) is 0.429. The molecule has 0 amide bonds. The van der Waals surface area contributed by atoms with Gasteiger partial charge in [0.2, 0.25) is 0 Å². The highest BCUT2D eigenvalue weighted by Gasteiger charge is 1.96. The number of hydrogen-bond acceptors (Lipinski definition) is 2. The molecule has 0 aliphatic carbocycles. The van der Waals surface area contributed by atoms with E-state index >= 15 is 0 Å². The molecule has 0 radical (unpaired) electrons. The smallest absolute Gasteiger partial charge is 0.122 e. The van der Waals surface area contributed by atoms with Crippen molar-refractivity contribution < 1.29 is 4.74 Å². The average molecular weight is 219 g/mol. The normalized spacial score (nSPS) is 10.1. The Kier molecular flexibility index (Phi) is 6.35. The van der Waals surface area contributed by atoms with Gasteiger partial charge < -0.3 is 10.1 Å². The Morgan fingerprint density at radius 2 is 2.12 bits per heavy atom. The second-order valence-electron chi connectivity index (χ2n) is 3.81. The largest absolute Gasteiger partial charge is 0.493 e. The van der Waals surface area contributed by atoms with Crippen molar-refractivity contribution in [3.8, 4) is 5.75 Å². The van der Waals surface area contributed by atoms with Crippen molar-refractivity contribution in [3.63, 3.8) is 0 Å². The summed E-state index contributed by atoms with van der Waals surface area (Å²) in [6.07, 6.45) is 4.10. The topological polar surface area (TPSA) is 21.3 Å². The van der Waals surface area contributed by atoms with Crippen LogP contribution in [0, 0.1) is 6.92 Å². The van der Waals surface area contributed by atoms with Crippen LogP contribution in [0.15, 0.2) is 36.9 Å². The lowest BCUT2D eigenvalue weighted by Crippen LogP contribution is -2.15. The number of hydrogen-bond donors (Lipinski definition) is 1. The number of ether oxygens (including phenoxy) is 1. The molecule has 88 valence electrons. The van der Waals surface area contributed by atoms with Gasteiger partial charge in [0.15, 0.2) is 0 Å². The van der Waals surface area contributed by atoms with Crippen molar-refractivity contribution in [2.45, 2.75) is 19.8 Å². The van der Waals surface area contributed by atoms with Gasteiger partial charge in [0.05, 0.1) is 6.61 Å². The molecule has 1 aromatic rings. The van der Waals surface area contributed by atoms with E-state index in [0.29, 0.717) is 0 Å². The summed E-state index contributed by atoms with van der Waals surface area (Å²) in [6.45, 7) is 8.44. The summed E-state index contributed by atoms with van der Waals surface area (Å²) in [5, 5.41) is 3.27. The first-order valence-corrected chi connectivity index (χ1v) is 5.84. The third-order valence-corrected chi connectivity index (χ3v) is 2.39. The Hall–Kier alpha value is -1.28. The third kappa shape index (κ3) is 4.99. The minimum absolute atomic E-state index is 0.792. The molecule has 2 nitrogen and oxygen atoms in total. The van der Waals surface area contributed by atoms with E-state index < -0.39 is 0 Å². The fourth-order valence-electron chi connectivity index (χ4n) is 1.46. The first-order valence-electron chi connectivity index (χ1n) is 5.84. The first-order chi connectivity index (χ1) is 7.84. The zero-order valence-electron chi connectivity index (χ0n) is 10.0. The summed E-state index contributed by atoms with van der Waals surface area (Å²) in [4.78, 5) is 0. The van der Waals surface area contributed by atoms with Gasteiger partial charge in [-0.25, -0.2) is 0 Å². The highest BCUT2D eigenvalue weighted by molar-refractivity contribution is 5.31. The number of benzene rings is 1. The molecule has 0 spiro atoms. The summed E-state index contributed by atoms with van der Waals surface area (Å²) in [5.41, 5.74) is 1.20. The third-order valence-electron chi connectivity index (χ3n) is 2.39. The number of nitrogens with one attached hydrogen (secondary N) is 1. The molecule has 0 fully saturated rings. The predicted molar refractivity (Wildman–Crippen MR) is 69.0 cm³/mol. The number of unbranched alkanes of at least 4 members (excludes halogenated alkanes) is 1. The van der Waals surface area contributed by atoms with Crippen molar-refractivity contribution in [1.29, 1.82) is 0 Å². The molecule has 1 aromatic carbocycles. The molecule has 2 heteroatoms. The number of para-hydroxylation sites is 1. The predicted octanol–water partition coefficient (Wildman–Crippen LogP) is 2.93. The maximum absolute atomic E-state index is 5.70. The molecule has 0 atom stereocenters. The molecule has 0 saturated carbocycles. The summed E-state index contributed by atoms with van der Waals surface area (Å²) >= 11 is 0. The van der Waals surface area contributed by atoms with Crippen LogP contribution >= 0.6 is 0 Å². The van der Waals surface area contributed by atoms with Crippen LogP contribution in [-0.4, -0.2) is 19.7 Å². The lowest BCUT2D eigenvalue weighted by Gasteiger charge is -2.08. The van der Waals surface area contributed by atoms with Crippen LogP contribution in [0.4, 0.5) is 0 Å². The minimum Gasteiger partial charge on any atom is -0.493 e. The van der Waals surface area contributed by atoms with Crippen molar-refractivity contribution >= 4 is 0 Å². The molecule has 16 heavy (non-hydrogen) atoms. The zero-order valence-corrected chi connectivity index (χ0v) is 10.0. The van der Waals surface area contributed by atoms with Gasteiger partial charge in [-0.3, -0.25) is 0 Å². The number of aryl methyl sites for hydroxylation is 1. The SMILES string of the molecule is C=CCNCCCCOc1ccccc1C. The molecule has 0 aromatic heterocycles. The lowest BCUT2D eigenvalue weighted by atomic mass is 10.2. The van der Waals surface area contributed by atoms with Gasteiger partial charge in [0, 0.05) is 6.54 Å². The van der Waals surface area contributed by atoms with E-state index in [4.69, 9.17) is 4.74 Å². The standard InChI is InChI=1S/C14H21NO/c1-3-10-15-11-6-7-12-16-14-9-5-4-8-13(14)2/h3-5,8-9,15H,1,6-7,10-12H2,2H3. The highest BCUT2D eigenvalue weighted by Crippen LogP contribution is 2.16. The first kappa shape index (κ1) is 12.8. The Labute approximate surface area is 98.3 Å². The molecule has 1 rings (SSSR count). The average Bonchev–Trinajstić information content (AvgIpc) is 2.30. The molecular formula is C14H21NO. The second-order valence-corrected chi connectivity index (χ2v) is 3.81. The molecule has 0 aliphatic rings. The molecule has 1 N–H and O–H groups in total. The van der Waals surface area contributed by atoms with Crippen molar-refractivity contribution in [2.24, 2.45) is 0 Å². The lowest BCUT2D eigenvalue weighted by molar-refractivity contribution is 0.304. The molecule has 0 saturated heterocycles. The van der Waals surface area contributed by atoms with Crippen LogP contribution in [0.25, 0.3) is 0 Å². The molecular weight excluding hydrogens is 198 g/mol. The molecule has 0 unspecified atom stereocenters. The van der Waals surface area contributed by atoms with E-state index in [-0.39, 0.29) is 0 Å². The van der Waals surface area contributed by atoms with Crippen LogP contribution in [0.2, 0.25) is 0 Å². The summed E-state index contributed by atoms with van der Waals surface area (Å²) in [6, 6.07) is 8.13. The van der Waals surface area contributed by atoms with E-state index in [2.05, 4.69) is 24.9 Å². The monoisotopic (exact) mass is 219 g/mol. The second kappa shape index (κ2) is 7.94. The van der Waals surface area contributed by atoms with E-state index in [1.165, 1.54) is 5.56 Å². The summed E-state index contributed by atoms with van der Waals surface area (Å²) in [5.74, 6) is 1.00. The summed E-state index contributed by atoms with van der Waals surface area (Å²) in [7, 11) is 0. The zero-order chi connectivity index (χ0) is 11.6. The Morgan fingerprint density at radius 3 is 2.88 bits per heavy atom. The maximum atomic E-state index is 5.70. The van der Waals surface area contributed by atoms with Crippen LogP contribution in [0.5, 0.6) is 5.75 Å². The van der Waals surface area contributed by atoms with Gasteiger partial charge >= 0.3 is 0 Å². The number of rotatable bonds is 8. The van der Waals surface area contributed by atoms with E-state index in [0.717, 1.165) is 38.3 Å². The van der Waals surface area contributed by atoms with Gasteiger partial charge in [-0.2, -0.15) is 0 Å². The quantitative estimate of drug-likeness (QED) is 0.536. The maximum Gasteiger partial charge on any atom is 0.122 e. The van der Waals surface area contributed by atoms with Gasteiger partial charge in [0.1, 0.15) is 5.75 Å². The van der Waals surface area contributed by atoms with Crippen molar-refractivity contribution in [2.75, 3.05) is 19.7 Å². The highest BCUT2D eigenvalue weighted by atomic mass is 16.5. The molecule has 0 aliphatic heterocycles. The Bertz CT molecular complexity index is 309. The van der Waals surface area contributed by atoms with Crippen LogP contribution in [0.1, 0.15) is 18.4 Å². The van der Waals surface area contributed by atoms with E-state index in [1.807, 2.05) is 24.3 Å². The summed E-state index contributed by atoms with van der Waals surface area (Å²) < 4.78 is 5.70. The van der Waals surface area contributed by atoms with Gasteiger partial charge in [-0.05, 0) is 37.9 Å². The van der Waals surface area contributed by atoms with E-state index in [1.54, 1.807) is 0 Å². The fourth-order valence-corrected chi connectivity index (χ4v) is 1.46. The molecule has 0 heterocycles.